The van der Waals surface area contributed by atoms with Crippen LogP contribution in [0.15, 0.2) is 18.2 Å². The van der Waals surface area contributed by atoms with Crippen molar-refractivity contribution in [3.8, 4) is 0 Å². The van der Waals surface area contributed by atoms with Crippen LogP contribution in [0, 0.1) is 12.8 Å². The van der Waals surface area contributed by atoms with Crippen molar-refractivity contribution in [1.82, 2.24) is 5.32 Å². The largest absolute Gasteiger partial charge is 0.388 e. The second kappa shape index (κ2) is 6.57. The number of carbonyl (C=O) groups excluding carboxylic acids is 1. The number of carbonyl (C=O) groups is 1. The molecular weight excluding hydrogens is 240 g/mol. The van der Waals surface area contributed by atoms with Crippen LogP contribution in [0.5, 0.6) is 0 Å². The minimum absolute atomic E-state index is 0.0409. The molecule has 0 atom stereocenters. The zero-order valence-electron chi connectivity index (χ0n) is 11.7. The maximum absolute atomic E-state index is 11.9. The lowest BCUT2D eigenvalue weighted by Crippen LogP contribution is -2.27. The van der Waals surface area contributed by atoms with E-state index in [4.69, 9.17) is 4.74 Å². The Labute approximate surface area is 114 Å². The number of anilines is 1. The smallest absolute Gasteiger partial charge is 0.251 e. The summed E-state index contributed by atoms with van der Waals surface area (Å²) in [5.74, 6) is 0.730. The fraction of sp³-hybridized carbons (Fsp3) is 0.533. The molecule has 1 saturated carbocycles. The SMILES string of the molecule is CNc1ccc(C(=O)NCCOCC2CC2)cc1C. The molecule has 1 aromatic carbocycles. The van der Waals surface area contributed by atoms with E-state index < -0.39 is 0 Å². The zero-order valence-corrected chi connectivity index (χ0v) is 11.7. The Morgan fingerprint density at radius 2 is 2.21 bits per heavy atom. The fourth-order valence-electron chi connectivity index (χ4n) is 1.96. The van der Waals surface area contributed by atoms with E-state index >= 15 is 0 Å². The molecule has 1 aliphatic rings. The molecule has 1 aromatic rings. The summed E-state index contributed by atoms with van der Waals surface area (Å²) in [5, 5.41) is 5.96. The minimum Gasteiger partial charge on any atom is -0.388 e. The van der Waals surface area contributed by atoms with E-state index in [1.165, 1.54) is 12.8 Å². The van der Waals surface area contributed by atoms with Gasteiger partial charge in [0.15, 0.2) is 0 Å². The number of ether oxygens (including phenoxy) is 1. The van der Waals surface area contributed by atoms with Gasteiger partial charge in [-0.25, -0.2) is 0 Å². The summed E-state index contributed by atoms with van der Waals surface area (Å²) in [6, 6.07) is 5.65. The van der Waals surface area contributed by atoms with Gasteiger partial charge in [0.25, 0.3) is 5.91 Å². The Morgan fingerprint density at radius 3 is 2.84 bits per heavy atom. The molecular formula is C15H22N2O2. The summed E-state index contributed by atoms with van der Waals surface area (Å²) in [6.07, 6.45) is 2.59. The van der Waals surface area contributed by atoms with Gasteiger partial charge in [-0.3, -0.25) is 4.79 Å². The Balaban J connectivity index is 1.73. The molecule has 2 rings (SSSR count). The molecule has 4 heteroatoms. The number of aryl methyl sites for hydroxylation is 1. The highest BCUT2D eigenvalue weighted by atomic mass is 16.5. The van der Waals surface area contributed by atoms with Crippen LogP contribution in [-0.4, -0.2) is 32.7 Å². The number of nitrogens with one attached hydrogen (secondary N) is 2. The van der Waals surface area contributed by atoms with E-state index in [0.29, 0.717) is 18.7 Å². The molecule has 0 saturated heterocycles. The summed E-state index contributed by atoms with van der Waals surface area (Å²) >= 11 is 0. The van der Waals surface area contributed by atoms with Crippen molar-refractivity contribution < 1.29 is 9.53 Å². The van der Waals surface area contributed by atoms with Crippen LogP contribution in [0.1, 0.15) is 28.8 Å². The topological polar surface area (TPSA) is 50.4 Å². The summed E-state index contributed by atoms with van der Waals surface area (Å²) < 4.78 is 5.48. The standard InChI is InChI=1S/C15H22N2O2/c1-11-9-13(5-6-14(11)16-2)15(18)17-7-8-19-10-12-3-4-12/h5-6,9,12,16H,3-4,7-8,10H2,1-2H3,(H,17,18). The van der Waals surface area contributed by atoms with E-state index in [-0.39, 0.29) is 5.91 Å². The van der Waals surface area contributed by atoms with Crippen LogP contribution in [0.4, 0.5) is 5.69 Å². The van der Waals surface area contributed by atoms with Crippen LogP contribution >= 0.6 is 0 Å². The molecule has 0 unspecified atom stereocenters. The molecule has 0 aliphatic heterocycles. The molecule has 0 radical (unpaired) electrons. The minimum atomic E-state index is -0.0409. The summed E-state index contributed by atoms with van der Waals surface area (Å²) in [5.41, 5.74) is 2.81. The third-order valence-electron chi connectivity index (χ3n) is 3.34. The second-order valence-electron chi connectivity index (χ2n) is 5.05. The van der Waals surface area contributed by atoms with Gasteiger partial charge in [-0.05, 0) is 49.4 Å². The van der Waals surface area contributed by atoms with E-state index in [2.05, 4.69) is 10.6 Å². The van der Waals surface area contributed by atoms with Crippen molar-refractivity contribution in [2.24, 2.45) is 5.92 Å². The Kier molecular flexibility index (Phi) is 4.80. The van der Waals surface area contributed by atoms with Gasteiger partial charge in [0.1, 0.15) is 0 Å². The van der Waals surface area contributed by atoms with Crippen molar-refractivity contribution in [2.45, 2.75) is 19.8 Å². The Bertz CT molecular complexity index is 442. The van der Waals surface area contributed by atoms with Crippen molar-refractivity contribution in [3.05, 3.63) is 29.3 Å². The Hall–Kier alpha value is -1.55. The van der Waals surface area contributed by atoms with Gasteiger partial charge in [0.05, 0.1) is 6.61 Å². The molecule has 4 nitrogen and oxygen atoms in total. The summed E-state index contributed by atoms with van der Waals surface area (Å²) in [6.45, 7) is 3.99. The van der Waals surface area contributed by atoms with Crippen molar-refractivity contribution >= 4 is 11.6 Å². The van der Waals surface area contributed by atoms with E-state index in [9.17, 15) is 4.79 Å². The molecule has 0 spiro atoms. The van der Waals surface area contributed by atoms with Gasteiger partial charge >= 0.3 is 0 Å². The van der Waals surface area contributed by atoms with Crippen LogP contribution in [0.2, 0.25) is 0 Å². The highest BCUT2D eigenvalue weighted by Crippen LogP contribution is 2.28. The monoisotopic (exact) mass is 262 g/mol. The molecule has 1 amide bonds. The highest BCUT2D eigenvalue weighted by Gasteiger charge is 2.20. The van der Waals surface area contributed by atoms with Gasteiger partial charge in [0.2, 0.25) is 0 Å². The van der Waals surface area contributed by atoms with E-state index in [1.807, 2.05) is 32.2 Å². The van der Waals surface area contributed by atoms with Gasteiger partial charge < -0.3 is 15.4 Å². The predicted molar refractivity (Wildman–Crippen MR) is 76.6 cm³/mol. The number of hydrogen-bond acceptors (Lipinski definition) is 3. The van der Waals surface area contributed by atoms with E-state index in [1.54, 1.807) is 0 Å². The molecule has 0 heterocycles. The van der Waals surface area contributed by atoms with Crippen LogP contribution in [0.25, 0.3) is 0 Å². The summed E-state index contributed by atoms with van der Waals surface area (Å²) in [4.78, 5) is 11.9. The molecule has 0 bridgehead atoms. The first-order chi connectivity index (χ1) is 9.20. The molecule has 2 N–H and O–H groups in total. The van der Waals surface area contributed by atoms with Gasteiger partial charge in [0, 0.05) is 31.5 Å². The number of rotatable bonds is 7. The van der Waals surface area contributed by atoms with Gasteiger partial charge in [-0.1, -0.05) is 0 Å². The molecule has 1 fully saturated rings. The molecule has 1 aliphatic carbocycles. The predicted octanol–water partition coefficient (Wildman–Crippen LogP) is 2.19. The van der Waals surface area contributed by atoms with Crippen molar-refractivity contribution in [1.29, 1.82) is 0 Å². The lowest BCUT2D eigenvalue weighted by atomic mass is 10.1. The number of benzene rings is 1. The fourth-order valence-corrected chi connectivity index (χ4v) is 1.96. The number of amides is 1. The second-order valence-corrected chi connectivity index (χ2v) is 5.05. The zero-order chi connectivity index (χ0) is 13.7. The normalized spacial score (nSPS) is 14.2. The van der Waals surface area contributed by atoms with Crippen LogP contribution < -0.4 is 10.6 Å². The average molecular weight is 262 g/mol. The first kappa shape index (κ1) is 13.9. The third-order valence-corrected chi connectivity index (χ3v) is 3.34. The van der Waals surface area contributed by atoms with Gasteiger partial charge in [-0.2, -0.15) is 0 Å². The van der Waals surface area contributed by atoms with Crippen LogP contribution in [0.3, 0.4) is 0 Å². The first-order valence-electron chi connectivity index (χ1n) is 6.85. The molecule has 19 heavy (non-hydrogen) atoms. The summed E-state index contributed by atoms with van der Waals surface area (Å²) in [7, 11) is 1.87. The number of hydrogen-bond donors (Lipinski definition) is 2. The Morgan fingerprint density at radius 1 is 1.42 bits per heavy atom. The third kappa shape index (κ3) is 4.24. The first-order valence-corrected chi connectivity index (χ1v) is 6.85. The quantitative estimate of drug-likeness (QED) is 0.741. The lowest BCUT2D eigenvalue weighted by Gasteiger charge is -2.09. The maximum atomic E-state index is 11.9. The van der Waals surface area contributed by atoms with Crippen molar-refractivity contribution in [2.75, 3.05) is 32.1 Å². The average Bonchev–Trinajstić information content (AvgIpc) is 3.22. The van der Waals surface area contributed by atoms with Gasteiger partial charge in [-0.15, -0.1) is 0 Å². The molecule has 0 aromatic heterocycles. The van der Waals surface area contributed by atoms with E-state index in [0.717, 1.165) is 23.8 Å². The highest BCUT2D eigenvalue weighted by molar-refractivity contribution is 5.94. The molecule has 104 valence electrons. The maximum Gasteiger partial charge on any atom is 0.251 e. The lowest BCUT2D eigenvalue weighted by molar-refractivity contribution is 0.0906. The van der Waals surface area contributed by atoms with Crippen LogP contribution in [-0.2, 0) is 4.74 Å². The van der Waals surface area contributed by atoms with Crippen molar-refractivity contribution in [3.63, 3.8) is 0 Å².